The van der Waals surface area contributed by atoms with Crippen molar-refractivity contribution < 1.29 is 4.57 Å². The third-order valence-corrected chi connectivity index (χ3v) is 5.59. The molecule has 1 aromatic carbocycles. The molecule has 0 unspecified atom stereocenters. The first-order valence-electron chi connectivity index (χ1n) is 11.2. The van der Waals surface area contributed by atoms with E-state index in [1.54, 1.807) is 0 Å². The Kier molecular flexibility index (Phi) is 9.59. The molecule has 1 heteroatoms. The third kappa shape index (κ3) is 7.48. The van der Waals surface area contributed by atoms with Crippen molar-refractivity contribution in [3.63, 3.8) is 0 Å². The van der Waals surface area contributed by atoms with Crippen molar-refractivity contribution in [1.29, 1.82) is 0 Å². The van der Waals surface area contributed by atoms with Crippen LogP contribution >= 0.6 is 0 Å². The van der Waals surface area contributed by atoms with Gasteiger partial charge in [0, 0.05) is 38.1 Å². The number of aryl methyl sites for hydroxylation is 4. The third-order valence-electron chi connectivity index (χ3n) is 5.59. The summed E-state index contributed by atoms with van der Waals surface area (Å²) >= 11 is 0. The second kappa shape index (κ2) is 12.0. The SMILES string of the molecule is CCCCCCCCCCCCc1ccc(-[n+]2c(C)cc(C)cc2C)cc1. The Morgan fingerprint density at radius 1 is 0.630 bits per heavy atom. The van der Waals surface area contributed by atoms with Gasteiger partial charge in [0.2, 0.25) is 5.69 Å². The molecule has 2 rings (SSSR count). The molecule has 27 heavy (non-hydrogen) atoms. The molecular weight excluding hydrogens is 326 g/mol. The minimum atomic E-state index is 1.22. The van der Waals surface area contributed by atoms with E-state index < -0.39 is 0 Å². The summed E-state index contributed by atoms with van der Waals surface area (Å²) in [4.78, 5) is 0. The van der Waals surface area contributed by atoms with Gasteiger partial charge in [-0.25, -0.2) is 0 Å². The van der Waals surface area contributed by atoms with Crippen molar-refractivity contribution in [2.24, 2.45) is 0 Å². The van der Waals surface area contributed by atoms with Crippen LogP contribution in [0, 0.1) is 20.8 Å². The Labute approximate surface area is 167 Å². The first kappa shape index (κ1) is 21.7. The average Bonchev–Trinajstić information content (AvgIpc) is 2.63. The van der Waals surface area contributed by atoms with E-state index in [1.807, 2.05) is 0 Å². The van der Waals surface area contributed by atoms with Gasteiger partial charge in [0.05, 0.1) is 0 Å². The number of hydrogen-bond acceptors (Lipinski definition) is 0. The van der Waals surface area contributed by atoms with Gasteiger partial charge in [-0.2, -0.15) is 4.57 Å². The van der Waals surface area contributed by atoms with E-state index >= 15 is 0 Å². The normalized spacial score (nSPS) is 11.1. The highest BCUT2D eigenvalue weighted by Crippen LogP contribution is 2.14. The van der Waals surface area contributed by atoms with E-state index in [-0.39, 0.29) is 0 Å². The highest BCUT2D eigenvalue weighted by atomic mass is 15.0. The molecule has 1 heterocycles. The zero-order chi connectivity index (χ0) is 19.5. The standard InChI is InChI=1S/C26H40N/c1-5-6-7-8-9-10-11-12-13-14-15-25-16-18-26(19-17-25)27-23(3)20-22(2)21-24(27)4/h16-21H,5-15H2,1-4H3/q+1. The number of nitrogens with zero attached hydrogens (tertiary/aromatic N) is 1. The Bertz CT molecular complexity index is 646. The van der Waals surface area contributed by atoms with Crippen LogP contribution in [0.15, 0.2) is 36.4 Å². The number of aromatic nitrogens is 1. The second-order valence-corrected chi connectivity index (χ2v) is 8.25. The fourth-order valence-electron chi connectivity index (χ4n) is 4.14. The largest absolute Gasteiger partial charge is 0.211 e. The highest BCUT2D eigenvalue weighted by molar-refractivity contribution is 5.29. The van der Waals surface area contributed by atoms with Crippen molar-refractivity contribution in [3.05, 3.63) is 58.9 Å². The van der Waals surface area contributed by atoms with Crippen LogP contribution in [0.5, 0.6) is 0 Å². The number of rotatable bonds is 12. The molecule has 1 nitrogen and oxygen atoms in total. The maximum atomic E-state index is 2.34. The van der Waals surface area contributed by atoms with Crippen LogP contribution in [0.25, 0.3) is 5.69 Å². The summed E-state index contributed by atoms with van der Waals surface area (Å²) < 4.78 is 2.34. The van der Waals surface area contributed by atoms with Crippen molar-refractivity contribution >= 4 is 0 Å². The monoisotopic (exact) mass is 366 g/mol. The summed E-state index contributed by atoms with van der Waals surface area (Å²) in [6, 6.07) is 13.7. The molecule has 0 radical (unpaired) electrons. The molecule has 0 bridgehead atoms. The van der Waals surface area contributed by atoms with Crippen LogP contribution in [0.4, 0.5) is 0 Å². The lowest BCUT2D eigenvalue weighted by molar-refractivity contribution is -0.609. The predicted molar refractivity (Wildman–Crippen MR) is 118 cm³/mol. The molecule has 0 N–H and O–H groups in total. The maximum absolute atomic E-state index is 2.34. The summed E-state index contributed by atoms with van der Waals surface area (Å²) in [5.74, 6) is 0. The summed E-state index contributed by atoms with van der Waals surface area (Å²) in [6.45, 7) is 8.84. The van der Waals surface area contributed by atoms with Gasteiger partial charge in [0.1, 0.15) is 0 Å². The van der Waals surface area contributed by atoms with Crippen LogP contribution in [0.2, 0.25) is 0 Å². The van der Waals surface area contributed by atoms with Crippen LogP contribution in [-0.4, -0.2) is 0 Å². The van der Waals surface area contributed by atoms with Gasteiger partial charge in [-0.1, -0.05) is 76.8 Å². The first-order chi connectivity index (χ1) is 13.1. The first-order valence-corrected chi connectivity index (χ1v) is 11.2. The topological polar surface area (TPSA) is 3.88 Å². The van der Waals surface area contributed by atoms with E-state index in [9.17, 15) is 0 Å². The molecule has 0 saturated heterocycles. The molecule has 0 aliphatic rings. The lowest BCUT2D eigenvalue weighted by Crippen LogP contribution is -2.37. The quantitative estimate of drug-likeness (QED) is 0.273. The van der Waals surface area contributed by atoms with E-state index in [4.69, 9.17) is 0 Å². The molecule has 0 fully saturated rings. The molecule has 148 valence electrons. The van der Waals surface area contributed by atoms with E-state index in [0.717, 1.165) is 0 Å². The van der Waals surface area contributed by atoms with Crippen molar-refractivity contribution in [2.75, 3.05) is 0 Å². The zero-order valence-electron chi connectivity index (χ0n) is 18.2. The van der Waals surface area contributed by atoms with Gasteiger partial charge in [-0.15, -0.1) is 0 Å². The Morgan fingerprint density at radius 3 is 1.63 bits per heavy atom. The molecular formula is C26H40N+. The van der Waals surface area contributed by atoms with Crippen LogP contribution in [-0.2, 0) is 6.42 Å². The predicted octanol–water partition coefficient (Wildman–Crippen LogP) is 7.35. The summed E-state index contributed by atoms with van der Waals surface area (Å²) in [6.07, 6.45) is 15.3. The zero-order valence-corrected chi connectivity index (χ0v) is 18.2. The second-order valence-electron chi connectivity index (χ2n) is 8.25. The number of pyridine rings is 1. The molecule has 0 amide bonds. The van der Waals surface area contributed by atoms with E-state index in [1.165, 1.54) is 98.8 Å². The van der Waals surface area contributed by atoms with Crippen LogP contribution in [0.1, 0.15) is 93.6 Å². The fourth-order valence-corrected chi connectivity index (χ4v) is 4.14. The number of hydrogen-bond donors (Lipinski definition) is 0. The summed E-state index contributed by atoms with van der Waals surface area (Å²) in [5.41, 5.74) is 6.68. The van der Waals surface area contributed by atoms with Gasteiger partial charge in [0.25, 0.3) is 0 Å². The Balaban J connectivity index is 1.69. The average molecular weight is 367 g/mol. The summed E-state index contributed by atoms with van der Waals surface area (Å²) in [5, 5.41) is 0. The smallest absolute Gasteiger partial charge is 0.162 e. The van der Waals surface area contributed by atoms with Gasteiger partial charge >= 0.3 is 0 Å². The van der Waals surface area contributed by atoms with Crippen LogP contribution in [0.3, 0.4) is 0 Å². The maximum Gasteiger partial charge on any atom is 0.211 e. The summed E-state index contributed by atoms with van der Waals surface area (Å²) in [7, 11) is 0. The van der Waals surface area contributed by atoms with Gasteiger partial charge in [-0.3, -0.25) is 0 Å². The highest BCUT2D eigenvalue weighted by Gasteiger charge is 2.14. The molecule has 0 aliphatic carbocycles. The van der Waals surface area contributed by atoms with E-state index in [2.05, 4.69) is 68.7 Å². The molecule has 2 aromatic rings. The van der Waals surface area contributed by atoms with Crippen molar-refractivity contribution in [3.8, 4) is 5.69 Å². The van der Waals surface area contributed by atoms with Crippen LogP contribution < -0.4 is 4.57 Å². The molecule has 0 saturated carbocycles. The lowest BCUT2D eigenvalue weighted by Gasteiger charge is -2.06. The van der Waals surface area contributed by atoms with Crippen molar-refractivity contribution in [1.82, 2.24) is 0 Å². The Hall–Kier alpha value is -1.63. The van der Waals surface area contributed by atoms with Crippen molar-refractivity contribution in [2.45, 2.75) is 98.3 Å². The van der Waals surface area contributed by atoms with E-state index in [0.29, 0.717) is 0 Å². The van der Waals surface area contributed by atoms with Gasteiger partial charge < -0.3 is 0 Å². The number of unbranched alkanes of at least 4 members (excludes halogenated alkanes) is 9. The molecule has 0 atom stereocenters. The Morgan fingerprint density at radius 2 is 1.11 bits per heavy atom. The molecule has 1 aromatic heterocycles. The van der Waals surface area contributed by atoms with Gasteiger partial charge in [0.15, 0.2) is 11.4 Å². The number of benzene rings is 1. The molecule has 0 spiro atoms. The minimum Gasteiger partial charge on any atom is -0.162 e. The van der Waals surface area contributed by atoms with Gasteiger partial charge in [-0.05, 0) is 30.9 Å². The molecule has 0 aliphatic heterocycles. The fraction of sp³-hybridized carbons (Fsp3) is 0.577. The minimum absolute atomic E-state index is 1.22. The lowest BCUT2D eigenvalue weighted by atomic mass is 10.0.